The van der Waals surface area contributed by atoms with E-state index in [9.17, 15) is 0 Å². The molecule has 3 aromatic heterocycles. The maximum Gasteiger partial charge on any atom is 0.209 e. The van der Waals surface area contributed by atoms with Gasteiger partial charge in [-0.05, 0) is 41.8 Å². The van der Waals surface area contributed by atoms with Crippen molar-refractivity contribution in [3.63, 3.8) is 0 Å². The Morgan fingerprint density at radius 3 is 3.10 bits per heavy atom. The fraction of sp³-hybridized carbons (Fsp3) is 0.385. The molecule has 102 valence electrons. The van der Waals surface area contributed by atoms with Crippen molar-refractivity contribution in [3.05, 3.63) is 35.8 Å². The molecule has 20 heavy (non-hydrogen) atoms. The van der Waals surface area contributed by atoms with Gasteiger partial charge in [-0.1, -0.05) is 17.8 Å². The Kier molecular flexibility index (Phi) is 2.73. The number of imidazole rings is 1. The van der Waals surface area contributed by atoms with Gasteiger partial charge in [-0.3, -0.25) is 0 Å². The lowest BCUT2D eigenvalue weighted by Gasteiger charge is -1.99. The molecule has 0 atom stereocenters. The first-order valence-corrected chi connectivity index (χ1v) is 7.64. The second-order valence-electron chi connectivity index (χ2n) is 5.08. The van der Waals surface area contributed by atoms with Crippen LogP contribution in [-0.2, 0) is 5.75 Å². The van der Waals surface area contributed by atoms with E-state index >= 15 is 0 Å². The third-order valence-electron chi connectivity index (χ3n) is 3.43. The molecule has 0 aliphatic heterocycles. The van der Waals surface area contributed by atoms with Gasteiger partial charge in [-0.15, -0.1) is 5.10 Å². The molecule has 0 aromatic carbocycles. The highest BCUT2D eigenvalue weighted by Crippen LogP contribution is 2.36. The van der Waals surface area contributed by atoms with E-state index in [2.05, 4.69) is 44.1 Å². The zero-order chi connectivity index (χ0) is 13.5. The van der Waals surface area contributed by atoms with Crippen LogP contribution < -0.4 is 0 Å². The predicted molar refractivity (Wildman–Crippen MR) is 75.6 cm³/mol. The molecule has 1 aliphatic rings. The average Bonchev–Trinajstić information content (AvgIpc) is 3.02. The molecule has 1 saturated carbocycles. The molecule has 7 heteroatoms. The van der Waals surface area contributed by atoms with Crippen molar-refractivity contribution in [1.82, 2.24) is 29.6 Å². The smallest absolute Gasteiger partial charge is 0.209 e. The van der Waals surface area contributed by atoms with Crippen molar-refractivity contribution in [3.8, 4) is 0 Å². The number of aryl methyl sites for hydroxylation is 1. The second kappa shape index (κ2) is 4.59. The van der Waals surface area contributed by atoms with Crippen LogP contribution in [0.4, 0.5) is 0 Å². The van der Waals surface area contributed by atoms with Crippen LogP contribution in [0.15, 0.2) is 29.7 Å². The lowest BCUT2D eigenvalue weighted by Crippen LogP contribution is -1.98. The summed E-state index contributed by atoms with van der Waals surface area (Å²) in [7, 11) is 0. The van der Waals surface area contributed by atoms with Crippen molar-refractivity contribution in [2.75, 3.05) is 0 Å². The number of pyridine rings is 1. The molecule has 3 aromatic rings. The first kappa shape index (κ1) is 11.9. The highest BCUT2D eigenvalue weighted by Gasteiger charge is 2.27. The molecular weight excluding hydrogens is 272 g/mol. The average molecular weight is 286 g/mol. The maximum absolute atomic E-state index is 4.67. The third-order valence-corrected chi connectivity index (χ3v) is 4.40. The van der Waals surface area contributed by atoms with Gasteiger partial charge in [0.25, 0.3) is 0 Å². The Hall–Kier alpha value is -1.89. The molecule has 0 bridgehead atoms. The van der Waals surface area contributed by atoms with Gasteiger partial charge < -0.3 is 4.40 Å². The normalized spacial score (nSPS) is 15.1. The molecule has 0 spiro atoms. The summed E-state index contributed by atoms with van der Waals surface area (Å²) in [5, 5.41) is 12.8. The minimum absolute atomic E-state index is 0.510. The number of thioether (sulfide) groups is 1. The zero-order valence-corrected chi connectivity index (χ0v) is 11.9. The standard InChI is InChI=1S/C13H14N6S/c1-9-3-2-6-18-7-10(14-12(9)18)8-20-13-15-16-17-19(13)11-4-5-11/h2-3,6-7,11H,4-5,8H2,1H3. The topological polar surface area (TPSA) is 60.9 Å². The maximum atomic E-state index is 4.67. The van der Waals surface area contributed by atoms with Gasteiger partial charge in [-0.25, -0.2) is 9.67 Å². The van der Waals surface area contributed by atoms with Gasteiger partial charge in [0.15, 0.2) is 0 Å². The highest BCUT2D eigenvalue weighted by atomic mass is 32.2. The van der Waals surface area contributed by atoms with E-state index in [0.29, 0.717) is 6.04 Å². The minimum Gasteiger partial charge on any atom is -0.307 e. The lowest BCUT2D eigenvalue weighted by atomic mass is 10.3. The van der Waals surface area contributed by atoms with E-state index in [4.69, 9.17) is 0 Å². The van der Waals surface area contributed by atoms with Crippen LogP contribution in [0.1, 0.15) is 30.1 Å². The molecule has 1 fully saturated rings. The summed E-state index contributed by atoms with van der Waals surface area (Å²) in [6.07, 6.45) is 6.47. The predicted octanol–water partition coefficient (Wildman–Crippen LogP) is 2.26. The molecule has 0 amide bonds. The number of tetrazole rings is 1. The van der Waals surface area contributed by atoms with E-state index in [1.807, 2.05) is 16.9 Å². The van der Waals surface area contributed by atoms with Gasteiger partial charge in [0.2, 0.25) is 5.16 Å². The van der Waals surface area contributed by atoms with Gasteiger partial charge in [0, 0.05) is 18.1 Å². The van der Waals surface area contributed by atoms with E-state index in [-0.39, 0.29) is 0 Å². The largest absolute Gasteiger partial charge is 0.307 e. The molecule has 1 aliphatic carbocycles. The fourth-order valence-corrected chi connectivity index (χ4v) is 3.07. The number of hydrogen-bond donors (Lipinski definition) is 0. The zero-order valence-electron chi connectivity index (χ0n) is 11.1. The lowest BCUT2D eigenvalue weighted by molar-refractivity contribution is 0.565. The van der Waals surface area contributed by atoms with Crippen LogP contribution in [0.2, 0.25) is 0 Å². The Morgan fingerprint density at radius 2 is 2.30 bits per heavy atom. The van der Waals surface area contributed by atoms with E-state index in [1.54, 1.807) is 11.8 Å². The summed E-state index contributed by atoms with van der Waals surface area (Å²) in [6, 6.07) is 4.62. The van der Waals surface area contributed by atoms with Crippen LogP contribution in [0.3, 0.4) is 0 Å². The molecule has 3 heterocycles. The monoisotopic (exact) mass is 286 g/mol. The third kappa shape index (κ3) is 2.07. The number of fused-ring (bicyclic) bond motifs is 1. The first-order valence-electron chi connectivity index (χ1n) is 6.65. The molecule has 4 rings (SSSR count). The van der Waals surface area contributed by atoms with Crippen molar-refractivity contribution >= 4 is 17.4 Å². The minimum atomic E-state index is 0.510. The molecule has 0 unspecified atom stereocenters. The SMILES string of the molecule is Cc1cccn2cc(CSc3nnnn3C3CC3)nc12. The van der Waals surface area contributed by atoms with Crippen LogP contribution >= 0.6 is 11.8 Å². The quantitative estimate of drug-likeness (QED) is 0.688. The van der Waals surface area contributed by atoms with Gasteiger partial charge in [0.05, 0.1) is 11.7 Å². The van der Waals surface area contributed by atoms with Crippen LogP contribution in [0, 0.1) is 6.92 Å². The van der Waals surface area contributed by atoms with E-state index in [1.165, 1.54) is 18.4 Å². The molecular formula is C13H14N6S. The van der Waals surface area contributed by atoms with Crippen molar-refractivity contribution < 1.29 is 0 Å². The number of rotatable bonds is 4. The van der Waals surface area contributed by atoms with E-state index in [0.717, 1.165) is 22.3 Å². The van der Waals surface area contributed by atoms with Crippen LogP contribution in [-0.4, -0.2) is 29.6 Å². The van der Waals surface area contributed by atoms with Gasteiger partial charge in [0.1, 0.15) is 5.65 Å². The Labute approximate surface area is 120 Å². The first-order chi connectivity index (χ1) is 9.81. The Bertz CT molecular complexity index is 757. The summed E-state index contributed by atoms with van der Waals surface area (Å²) in [5.74, 6) is 0.786. The van der Waals surface area contributed by atoms with Crippen LogP contribution in [0.5, 0.6) is 0 Å². The molecule has 0 N–H and O–H groups in total. The summed E-state index contributed by atoms with van der Waals surface area (Å²) in [6.45, 7) is 2.08. The van der Waals surface area contributed by atoms with Crippen molar-refractivity contribution in [2.24, 2.45) is 0 Å². The fourth-order valence-electron chi connectivity index (χ4n) is 2.24. The molecule has 6 nitrogen and oxygen atoms in total. The summed E-state index contributed by atoms with van der Waals surface area (Å²) in [5.41, 5.74) is 3.26. The van der Waals surface area contributed by atoms with Crippen molar-refractivity contribution in [1.29, 1.82) is 0 Å². The molecule has 0 saturated heterocycles. The van der Waals surface area contributed by atoms with Crippen LogP contribution in [0.25, 0.3) is 5.65 Å². The molecule has 0 radical (unpaired) electrons. The Morgan fingerprint density at radius 1 is 1.40 bits per heavy atom. The van der Waals surface area contributed by atoms with Gasteiger partial charge in [-0.2, -0.15) is 0 Å². The summed E-state index contributed by atoms with van der Waals surface area (Å²) < 4.78 is 4.00. The summed E-state index contributed by atoms with van der Waals surface area (Å²) in [4.78, 5) is 4.67. The van der Waals surface area contributed by atoms with Gasteiger partial charge >= 0.3 is 0 Å². The highest BCUT2D eigenvalue weighted by molar-refractivity contribution is 7.98. The number of hydrogen-bond acceptors (Lipinski definition) is 5. The van der Waals surface area contributed by atoms with E-state index < -0.39 is 0 Å². The second-order valence-corrected chi connectivity index (χ2v) is 6.02. The number of nitrogens with zero attached hydrogens (tertiary/aromatic N) is 6. The van der Waals surface area contributed by atoms with Crippen molar-refractivity contribution in [2.45, 2.75) is 36.7 Å². The Balaban J connectivity index is 1.55. The number of aromatic nitrogens is 6. The summed E-state index contributed by atoms with van der Waals surface area (Å²) >= 11 is 1.65.